The quantitative estimate of drug-likeness (QED) is 0.124. The molecule has 0 saturated carbocycles. The van der Waals surface area contributed by atoms with E-state index in [1.807, 2.05) is 0 Å². The number of carbonyl (C=O) groups excluding carboxylic acids is 1. The van der Waals surface area contributed by atoms with Crippen LogP contribution in [0.4, 0.5) is 0 Å². The molecule has 1 fully saturated rings. The van der Waals surface area contributed by atoms with Crippen molar-refractivity contribution in [2.45, 2.75) is 26.3 Å². The SMILES string of the molecule is C=C(C)C(C/C(C)=C/[N+](=O)[O-])NC(=O)CN1CCN(CC(=O)O)CCN(CC(=O)O)CCN(CC(=O)O)CC1. The first kappa shape index (κ1) is 33.6. The zero-order valence-corrected chi connectivity index (χ0v) is 22.6. The molecule has 4 N–H and O–H groups in total. The van der Waals surface area contributed by atoms with Gasteiger partial charge in [-0.25, -0.2) is 0 Å². The molecule has 0 aliphatic carbocycles. The van der Waals surface area contributed by atoms with Crippen molar-refractivity contribution in [2.75, 3.05) is 78.5 Å². The molecular formula is C24H40N6O9. The van der Waals surface area contributed by atoms with E-state index in [1.54, 1.807) is 33.4 Å². The molecule has 0 radical (unpaired) electrons. The summed E-state index contributed by atoms with van der Waals surface area (Å²) in [4.78, 5) is 64.0. The fourth-order valence-electron chi connectivity index (χ4n) is 4.13. The summed E-state index contributed by atoms with van der Waals surface area (Å²) in [7, 11) is 0. The molecule has 15 nitrogen and oxygen atoms in total. The molecule has 1 saturated heterocycles. The lowest BCUT2D eigenvalue weighted by atomic mass is 10.0. The van der Waals surface area contributed by atoms with Crippen LogP contribution in [0.15, 0.2) is 23.9 Å². The van der Waals surface area contributed by atoms with E-state index in [-0.39, 0.29) is 77.8 Å². The molecule has 39 heavy (non-hydrogen) atoms. The van der Waals surface area contributed by atoms with Gasteiger partial charge >= 0.3 is 17.9 Å². The predicted octanol–water partition coefficient (Wildman–Crippen LogP) is -0.907. The van der Waals surface area contributed by atoms with Crippen LogP contribution < -0.4 is 5.32 Å². The lowest BCUT2D eigenvalue weighted by Crippen LogP contribution is -2.50. The summed E-state index contributed by atoms with van der Waals surface area (Å²) in [6, 6.07) is -0.520. The van der Waals surface area contributed by atoms with Gasteiger partial charge in [-0.3, -0.25) is 48.9 Å². The van der Waals surface area contributed by atoms with Crippen molar-refractivity contribution in [1.82, 2.24) is 24.9 Å². The third-order valence-electron chi connectivity index (χ3n) is 6.16. The van der Waals surface area contributed by atoms with E-state index in [0.717, 1.165) is 6.20 Å². The molecule has 0 aromatic heterocycles. The molecule has 1 atom stereocenters. The van der Waals surface area contributed by atoms with Crippen LogP contribution in [0.1, 0.15) is 20.3 Å². The molecule has 220 valence electrons. The van der Waals surface area contributed by atoms with E-state index in [4.69, 9.17) is 0 Å². The van der Waals surface area contributed by atoms with Crippen molar-refractivity contribution >= 4 is 23.8 Å². The Bertz CT molecular complexity index is 894. The highest BCUT2D eigenvalue weighted by molar-refractivity contribution is 5.78. The molecular weight excluding hydrogens is 516 g/mol. The van der Waals surface area contributed by atoms with Gasteiger partial charge in [-0.2, -0.15) is 0 Å². The minimum Gasteiger partial charge on any atom is -0.480 e. The summed E-state index contributed by atoms with van der Waals surface area (Å²) in [5.74, 6) is -3.46. The Morgan fingerprint density at radius 3 is 1.41 bits per heavy atom. The maximum Gasteiger partial charge on any atom is 0.317 e. The molecule has 1 heterocycles. The van der Waals surface area contributed by atoms with Gasteiger partial charge < -0.3 is 20.6 Å². The van der Waals surface area contributed by atoms with E-state index >= 15 is 0 Å². The van der Waals surface area contributed by atoms with Crippen molar-refractivity contribution in [1.29, 1.82) is 0 Å². The van der Waals surface area contributed by atoms with Crippen LogP contribution in [-0.2, 0) is 19.2 Å². The molecule has 0 aromatic rings. The van der Waals surface area contributed by atoms with Gasteiger partial charge in [0, 0.05) is 52.4 Å². The Hall–Kier alpha value is -3.40. The third kappa shape index (κ3) is 15.6. The highest BCUT2D eigenvalue weighted by atomic mass is 16.6. The maximum atomic E-state index is 12.9. The second-order valence-electron chi connectivity index (χ2n) is 9.72. The van der Waals surface area contributed by atoms with Crippen molar-refractivity contribution in [3.63, 3.8) is 0 Å². The lowest BCUT2D eigenvalue weighted by molar-refractivity contribution is -0.403. The summed E-state index contributed by atoms with van der Waals surface area (Å²) in [5, 5.41) is 41.5. The van der Waals surface area contributed by atoms with Gasteiger partial charge in [0.1, 0.15) is 0 Å². The number of nitro groups is 1. The number of hydrogen-bond acceptors (Lipinski definition) is 10. The average Bonchev–Trinajstić information content (AvgIpc) is 2.78. The fraction of sp³-hybridized carbons (Fsp3) is 0.667. The zero-order chi connectivity index (χ0) is 29.5. The number of nitrogens with zero attached hydrogens (tertiary/aromatic N) is 5. The summed E-state index contributed by atoms with van der Waals surface area (Å²) < 4.78 is 0. The fourth-order valence-corrected chi connectivity index (χ4v) is 4.13. The number of hydrogen-bond donors (Lipinski definition) is 4. The van der Waals surface area contributed by atoms with Crippen LogP contribution in [0.3, 0.4) is 0 Å². The number of nitrogens with one attached hydrogen (secondary N) is 1. The molecule has 0 spiro atoms. The second-order valence-corrected chi connectivity index (χ2v) is 9.72. The standard InChI is InChI=1S/C24H40N6O9/c1-18(2)20(12-19(3)13-30(38)39)25-21(31)14-26-4-6-27(15-22(32)33)8-10-29(17-24(36)37)11-9-28(7-5-26)16-23(34)35/h13,20H,1,4-12,14-17H2,2-3H3,(H,25,31)(H,32,33)(H,34,35)(H,36,37)/b19-13+. The molecule has 1 rings (SSSR count). The Morgan fingerprint density at radius 2 is 1.13 bits per heavy atom. The summed E-state index contributed by atoms with van der Waals surface area (Å²) in [6.45, 7) is 8.62. The summed E-state index contributed by atoms with van der Waals surface area (Å²) >= 11 is 0. The Labute approximate surface area is 227 Å². The number of carbonyl (C=O) groups is 4. The monoisotopic (exact) mass is 556 g/mol. The Kier molecular flexibility index (Phi) is 14.9. The van der Waals surface area contributed by atoms with E-state index < -0.39 is 28.9 Å². The first-order valence-corrected chi connectivity index (χ1v) is 12.6. The number of carboxylic acid groups (broad SMARTS) is 3. The van der Waals surface area contributed by atoms with Crippen molar-refractivity contribution in [3.05, 3.63) is 34.0 Å². The van der Waals surface area contributed by atoms with Crippen LogP contribution in [-0.4, -0.2) is 148 Å². The van der Waals surface area contributed by atoms with E-state index in [0.29, 0.717) is 24.2 Å². The van der Waals surface area contributed by atoms with Gasteiger partial charge in [-0.05, 0) is 25.8 Å². The molecule has 1 amide bonds. The third-order valence-corrected chi connectivity index (χ3v) is 6.16. The largest absolute Gasteiger partial charge is 0.480 e. The molecule has 0 bridgehead atoms. The highest BCUT2D eigenvalue weighted by Gasteiger charge is 2.22. The molecule has 1 aliphatic rings. The number of amides is 1. The smallest absolute Gasteiger partial charge is 0.317 e. The normalized spacial score (nSPS) is 18.4. The van der Waals surface area contributed by atoms with Crippen LogP contribution in [0, 0.1) is 10.1 Å². The first-order chi connectivity index (χ1) is 18.2. The topological polar surface area (TPSA) is 197 Å². The number of carboxylic acids is 3. The molecule has 0 aromatic carbocycles. The van der Waals surface area contributed by atoms with E-state index in [2.05, 4.69) is 11.9 Å². The maximum absolute atomic E-state index is 12.9. The van der Waals surface area contributed by atoms with E-state index in [1.165, 1.54) is 0 Å². The predicted molar refractivity (Wildman–Crippen MR) is 141 cm³/mol. The van der Waals surface area contributed by atoms with Crippen molar-refractivity contribution in [3.8, 4) is 0 Å². The van der Waals surface area contributed by atoms with Crippen LogP contribution >= 0.6 is 0 Å². The minimum atomic E-state index is -1.04. The van der Waals surface area contributed by atoms with Crippen LogP contribution in [0.2, 0.25) is 0 Å². The number of rotatable bonds is 13. The van der Waals surface area contributed by atoms with Gasteiger partial charge in [0.15, 0.2) is 0 Å². The Morgan fingerprint density at radius 1 is 0.795 bits per heavy atom. The van der Waals surface area contributed by atoms with Gasteiger partial charge in [-0.15, -0.1) is 0 Å². The average molecular weight is 557 g/mol. The van der Waals surface area contributed by atoms with Crippen LogP contribution in [0.25, 0.3) is 0 Å². The van der Waals surface area contributed by atoms with Crippen molar-refractivity contribution in [2.24, 2.45) is 0 Å². The molecule has 15 heteroatoms. The molecule has 1 unspecified atom stereocenters. The van der Waals surface area contributed by atoms with Gasteiger partial charge in [0.2, 0.25) is 12.1 Å². The Balaban J connectivity index is 3.03. The second kappa shape index (κ2) is 17.2. The summed E-state index contributed by atoms with van der Waals surface area (Å²) in [6.07, 6.45) is 1.10. The zero-order valence-electron chi connectivity index (χ0n) is 22.6. The first-order valence-electron chi connectivity index (χ1n) is 12.6. The number of aliphatic carboxylic acids is 3. The summed E-state index contributed by atoms with van der Waals surface area (Å²) in [5.41, 5.74) is 1.09. The van der Waals surface area contributed by atoms with Crippen LogP contribution in [0.5, 0.6) is 0 Å². The minimum absolute atomic E-state index is 0.0608. The van der Waals surface area contributed by atoms with E-state index in [9.17, 15) is 44.6 Å². The van der Waals surface area contributed by atoms with Crippen molar-refractivity contribution < 1.29 is 39.4 Å². The highest BCUT2D eigenvalue weighted by Crippen LogP contribution is 2.11. The molecule has 1 aliphatic heterocycles. The lowest BCUT2D eigenvalue weighted by Gasteiger charge is -2.33. The van der Waals surface area contributed by atoms with Gasteiger partial charge in [-0.1, -0.05) is 12.2 Å². The van der Waals surface area contributed by atoms with Gasteiger partial charge in [0.05, 0.1) is 37.1 Å². The van der Waals surface area contributed by atoms with Gasteiger partial charge in [0.25, 0.3) is 0 Å².